The number of likely N-dealkylation sites (tertiary alicyclic amines) is 1. The van der Waals surface area contributed by atoms with Crippen molar-refractivity contribution in [2.45, 2.75) is 25.7 Å². The van der Waals surface area contributed by atoms with Crippen LogP contribution in [0.1, 0.15) is 36.0 Å². The Morgan fingerprint density at radius 3 is 2.34 bits per heavy atom. The predicted molar refractivity (Wildman–Crippen MR) is 128 cm³/mol. The Balaban J connectivity index is 1.21. The molecule has 0 bridgehead atoms. The first-order chi connectivity index (χ1) is 15.7. The quantitative estimate of drug-likeness (QED) is 0.586. The van der Waals surface area contributed by atoms with Crippen LogP contribution in [0.5, 0.6) is 11.5 Å². The monoisotopic (exact) mass is 437 g/mol. The Morgan fingerprint density at radius 1 is 0.875 bits per heavy atom. The third kappa shape index (κ3) is 5.94. The van der Waals surface area contributed by atoms with Gasteiger partial charge in [-0.3, -0.25) is 4.79 Å². The van der Waals surface area contributed by atoms with Gasteiger partial charge in [-0.2, -0.15) is 0 Å². The topological polar surface area (TPSA) is 45.3 Å². The molecule has 0 spiro atoms. The molecule has 6 nitrogen and oxygen atoms in total. The smallest absolute Gasteiger partial charge is 0.254 e. The molecule has 0 aliphatic carbocycles. The van der Waals surface area contributed by atoms with Crippen LogP contribution in [-0.4, -0.2) is 75.2 Å². The van der Waals surface area contributed by atoms with Crippen molar-refractivity contribution in [3.05, 3.63) is 54.1 Å². The van der Waals surface area contributed by atoms with Crippen molar-refractivity contribution in [3.8, 4) is 11.5 Å². The van der Waals surface area contributed by atoms with E-state index in [1.165, 1.54) is 38.0 Å². The summed E-state index contributed by atoms with van der Waals surface area (Å²) >= 11 is 0. The fourth-order valence-corrected chi connectivity index (χ4v) is 4.52. The lowest BCUT2D eigenvalue weighted by molar-refractivity contribution is 0.0746. The molecule has 1 amide bonds. The van der Waals surface area contributed by atoms with Gasteiger partial charge in [0.2, 0.25) is 0 Å². The molecule has 4 rings (SSSR count). The van der Waals surface area contributed by atoms with Gasteiger partial charge in [-0.15, -0.1) is 0 Å². The number of benzene rings is 2. The van der Waals surface area contributed by atoms with E-state index in [1.807, 2.05) is 23.1 Å². The molecule has 2 fully saturated rings. The van der Waals surface area contributed by atoms with E-state index in [2.05, 4.69) is 34.1 Å². The zero-order valence-corrected chi connectivity index (χ0v) is 19.2. The summed E-state index contributed by atoms with van der Waals surface area (Å²) in [6.07, 6.45) is 5.13. The van der Waals surface area contributed by atoms with Crippen LogP contribution in [0.4, 0.5) is 5.69 Å². The van der Waals surface area contributed by atoms with Gasteiger partial charge in [0, 0.05) is 44.0 Å². The van der Waals surface area contributed by atoms with Gasteiger partial charge in [0.25, 0.3) is 5.91 Å². The summed E-state index contributed by atoms with van der Waals surface area (Å²) in [5, 5.41) is 0. The number of nitrogens with zero attached hydrogens (tertiary/aromatic N) is 3. The van der Waals surface area contributed by atoms with Gasteiger partial charge < -0.3 is 24.2 Å². The van der Waals surface area contributed by atoms with Gasteiger partial charge in [-0.25, -0.2) is 0 Å². The number of piperazine rings is 1. The number of piperidine rings is 1. The molecule has 0 aromatic heterocycles. The fourth-order valence-electron chi connectivity index (χ4n) is 4.52. The highest BCUT2D eigenvalue weighted by Crippen LogP contribution is 2.22. The average molecular weight is 438 g/mol. The van der Waals surface area contributed by atoms with Crippen molar-refractivity contribution < 1.29 is 14.3 Å². The van der Waals surface area contributed by atoms with E-state index in [-0.39, 0.29) is 5.91 Å². The van der Waals surface area contributed by atoms with Crippen molar-refractivity contribution in [2.24, 2.45) is 0 Å². The number of amides is 1. The van der Waals surface area contributed by atoms with Crippen molar-refractivity contribution in [1.29, 1.82) is 0 Å². The third-order valence-corrected chi connectivity index (χ3v) is 6.42. The van der Waals surface area contributed by atoms with Crippen LogP contribution in [0, 0.1) is 0 Å². The summed E-state index contributed by atoms with van der Waals surface area (Å²) in [5.41, 5.74) is 1.86. The second-order valence-corrected chi connectivity index (χ2v) is 8.61. The maximum absolute atomic E-state index is 12.8. The van der Waals surface area contributed by atoms with E-state index >= 15 is 0 Å². The van der Waals surface area contributed by atoms with Gasteiger partial charge in [-0.1, -0.05) is 12.5 Å². The fraction of sp³-hybridized carbons (Fsp3) is 0.500. The highest BCUT2D eigenvalue weighted by molar-refractivity contribution is 5.94. The second-order valence-electron chi connectivity index (χ2n) is 8.61. The van der Waals surface area contributed by atoms with Crippen molar-refractivity contribution in [1.82, 2.24) is 9.80 Å². The summed E-state index contributed by atoms with van der Waals surface area (Å²) < 4.78 is 11.2. The average Bonchev–Trinajstić information content (AvgIpc) is 2.87. The number of carbonyl (C=O) groups is 1. The molecule has 0 saturated carbocycles. The van der Waals surface area contributed by atoms with Gasteiger partial charge in [0.1, 0.15) is 11.5 Å². The molecule has 0 N–H and O–H groups in total. The highest BCUT2D eigenvalue weighted by atomic mass is 16.5. The lowest BCUT2D eigenvalue weighted by Crippen LogP contribution is -2.48. The van der Waals surface area contributed by atoms with E-state index in [0.717, 1.165) is 38.4 Å². The summed E-state index contributed by atoms with van der Waals surface area (Å²) in [6.45, 7) is 7.46. The number of carbonyl (C=O) groups excluding carboxylic acids is 1. The van der Waals surface area contributed by atoms with Gasteiger partial charge >= 0.3 is 0 Å². The number of hydrogen-bond acceptors (Lipinski definition) is 5. The van der Waals surface area contributed by atoms with Crippen molar-refractivity contribution in [2.75, 3.05) is 64.4 Å². The van der Waals surface area contributed by atoms with E-state index in [0.29, 0.717) is 24.4 Å². The molecule has 0 radical (unpaired) electrons. The zero-order chi connectivity index (χ0) is 22.2. The normalized spacial score (nSPS) is 17.3. The molecule has 2 aliphatic heterocycles. The maximum Gasteiger partial charge on any atom is 0.254 e. The number of rotatable bonds is 8. The van der Waals surface area contributed by atoms with E-state index in [1.54, 1.807) is 13.2 Å². The lowest BCUT2D eigenvalue weighted by Gasteiger charge is -2.36. The molecule has 2 aromatic rings. The molecule has 172 valence electrons. The van der Waals surface area contributed by atoms with E-state index < -0.39 is 0 Å². The number of methoxy groups -OCH3 is 1. The molecule has 32 heavy (non-hydrogen) atoms. The van der Waals surface area contributed by atoms with Crippen LogP contribution in [0.3, 0.4) is 0 Å². The molecular weight excluding hydrogens is 402 g/mol. The molecule has 2 aromatic carbocycles. The molecular formula is C26H35N3O3. The van der Waals surface area contributed by atoms with Gasteiger partial charge in [0.05, 0.1) is 13.7 Å². The summed E-state index contributed by atoms with van der Waals surface area (Å²) in [5.74, 6) is 1.71. The first-order valence-corrected chi connectivity index (χ1v) is 11.9. The first kappa shape index (κ1) is 22.5. The van der Waals surface area contributed by atoms with Crippen LogP contribution >= 0.6 is 0 Å². The zero-order valence-electron chi connectivity index (χ0n) is 19.2. The highest BCUT2D eigenvalue weighted by Gasteiger charge is 2.22. The first-order valence-electron chi connectivity index (χ1n) is 11.9. The molecule has 2 aliphatic rings. The predicted octanol–water partition coefficient (Wildman–Crippen LogP) is 3.91. The van der Waals surface area contributed by atoms with Crippen LogP contribution in [-0.2, 0) is 0 Å². The largest absolute Gasteiger partial charge is 0.497 e. The second kappa shape index (κ2) is 11.2. The Bertz CT molecular complexity index is 857. The standard InChI is InChI=1S/C26H35N3O3/c1-31-25-8-5-7-22(21-25)26(30)29-18-16-28(17-19-29)23-9-11-24(12-10-23)32-20-6-15-27-13-3-2-4-14-27/h5,7-12,21H,2-4,6,13-20H2,1H3. The van der Waals surface area contributed by atoms with Crippen molar-refractivity contribution in [3.63, 3.8) is 0 Å². The molecule has 0 unspecified atom stereocenters. The number of anilines is 1. The van der Waals surface area contributed by atoms with E-state index in [9.17, 15) is 4.79 Å². The van der Waals surface area contributed by atoms with Crippen molar-refractivity contribution >= 4 is 11.6 Å². The molecule has 0 atom stereocenters. The SMILES string of the molecule is COc1cccc(C(=O)N2CCN(c3ccc(OCCCN4CCCCC4)cc3)CC2)c1. The minimum Gasteiger partial charge on any atom is -0.497 e. The van der Waals surface area contributed by atoms with Crippen LogP contribution in [0.15, 0.2) is 48.5 Å². The van der Waals surface area contributed by atoms with Crippen LogP contribution < -0.4 is 14.4 Å². The molecule has 6 heteroatoms. The number of hydrogen-bond donors (Lipinski definition) is 0. The van der Waals surface area contributed by atoms with E-state index in [4.69, 9.17) is 9.47 Å². The minimum absolute atomic E-state index is 0.0665. The summed E-state index contributed by atoms with van der Waals surface area (Å²) in [4.78, 5) is 19.6. The summed E-state index contributed by atoms with van der Waals surface area (Å²) in [6, 6.07) is 15.7. The molecule has 2 saturated heterocycles. The van der Waals surface area contributed by atoms with Gasteiger partial charge in [-0.05, 0) is 74.8 Å². The lowest BCUT2D eigenvalue weighted by atomic mass is 10.1. The Hall–Kier alpha value is -2.73. The summed E-state index contributed by atoms with van der Waals surface area (Å²) in [7, 11) is 1.62. The molecule has 2 heterocycles. The van der Waals surface area contributed by atoms with Crippen LogP contribution in [0.25, 0.3) is 0 Å². The Labute approximate surface area is 191 Å². The Kier molecular flexibility index (Phi) is 7.88. The minimum atomic E-state index is 0.0665. The Morgan fingerprint density at radius 2 is 1.62 bits per heavy atom. The van der Waals surface area contributed by atoms with Crippen LogP contribution in [0.2, 0.25) is 0 Å². The maximum atomic E-state index is 12.8. The number of ether oxygens (including phenoxy) is 2. The third-order valence-electron chi connectivity index (χ3n) is 6.42. The van der Waals surface area contributed by atoms with Gasteiger partial charge in [0.15, 0.2) is 0 Å².